The minimum absolute atomic E-state index is 0.00631. The van der Waals surface area contributed by atoms with E-state index in [1.807, 2.05) is 73.7 Å². The number of nitrogens with one attached hydrogen (secondary N) is 1. The SMILES string of the molecule is CC[C@H](C(=O)Nc1cccc(-c2nc3cccnc3s2)c1)c1ccccc1. The topological polar surface area (TPSA) is 54.9 Å². The maximum atomic E-state index is 12.8. The molecule has 0 aliphatic rings. The molecule has 5 heteroatoms. The van der Waals surface area contributed by atoms with Gasteiger partial charge in [-0.1, -0.05) is 60.7 Å². The smallest absolute Gasteiger partial charge is 0.231 e. The first kappa shape index (κ1) is 17.4. The van der Waals surface area contributed by atoms with Crippen molar-refractivity contribution in [3.63, 3.8) is 0 Å². The van der Waals surface area contributed by atoms with Crippen LogP contribution in [0.2, 0.25) is 0 Å². The third kappa shape index (κ3) is 3.73. The summed E-state index contributed by atoms with van der Waals surface area (Å²) in [6, 6.07) is 21.5. The molecule has 0 aliphatic carbocycles. The molecule has 1 N–H and O–H groups in total. The molecule has 0 bridgehead atoms. The zero-order valence-corrected chi connectivity index (χ0v) is 15.7. The summed E-state index contributed by atoms with van der Waals surface area (Å²) < 4.78 is 0. The molecule has 0 saturated carbocycles. The molecule has 0 aliphatic heterocycles. The summed E-state index contributed by atoms with van der Waals surface area (Å²) in [5, 5.41) is 3.96. The Hall–Kier alpha value is -3.05. The van der Waals surface area contributed by atoms with E-state index < -0.39 is 0 Å². The van der Waals surface area contributed by atoms with Crippen LogP contribution < -0.4 is 5.32 Å². The lowest BCUT2D eigenvalue weighted by molar-refractivity contribution is -0.117. The minimum Gasteiger partial charge on any atom is -0.326 e. The fourth-order valence-electron chi connectivity index (χ4n) is 3.11. The fraction of sp³-hybridized carbons (Fsp3) is 0.136. The van der Waals surface area contributed by atoms with Crippen LogP contribution in [0.1, 0.15) is 24.8 Å². The van der Waals surface area contributed by atoms with Gasteiger partial charge in [0.1, 0.15) is 15.4 Å². The van der Waals surface area contributed by atoms with Gasteiger partial charge in [-0.2, -0.15) is 0 Å². The molecule has 4 aromatic rings. The molecule has 4 nitrogen and oxygen atoms in total. The van der Waals surface area contributed by atoms with Gasteiger partial charge >= 0.3 is 0 Å². The second-order valence-electron chi connectivity index (χ2n) is 6.29. The average molecular weight is 373 g/mol. The highest BCUT2D eigenvalue weighted by Gasteiger charge is 2.18. The van der Waals surface area contributed by atoms with Crippen molar-refractivity contribution in [2.75, 3.05) is 5.32 Å². The number of hydrogen-bond acceptors (Lipinski definition) is 4. The van der Waals surface area contributed by atoms with E-state index in [0.29, 0.717) is 0 Å². The van der Waals surface area contributed by atoms with Crippen LogP contribution in [0.4, 0.5) is 5.69 Å². The predicted octanol–water partition coefficient (Wildman–Crippen LogP) is 5.49. The van der Waals surface area contributed by atoms with Crippen LogP contribution >= 0.6 is 11.3 Å². The highest BCUT2D eigenvalue weighted by molar-refractivity contribution is 7.21. The minimum atomic E-state index is -0.165. The number of pyridine rings is 1. The van der Waals surface area contributed by atoms with Crippen LogP contribution in [0.3, 0.4) is 0 Å². The van der Waals surface area contributed by atoms with Gasteiger partial charge in [-0.3, -0.25) is 4.79 Å². The standard InChI is InChI=1S/C22H19N3OS/c1-2-18(15-8-4-3-5-9-15)20(26)24-17-11-6-10-16(14-17)21-25-19-12-7-13-23-22(19)27-21/h3-14,18H,2H2,1H3,(H,24,26)/t18-/m0/s1. The molecule has 2 aromatic heterocycles. The lowest BCUT2D eigenvalue weighted by atomic mass is 9.95. The number of aromatic nitrogens is 2. The second-order valence-corrected chi connectivity index (χ2v) is 7.27. The van der Waals surface area contributed by atoms with Crippen LogP contribution in [0.25, 0.3) is 20.9 Å². The summed E-state index contributed by atoms with van der Waals surface area (Å²) in [4.78, 5) is 22.7. The van der Waals surface area contributed by atoms with Crippen LogP contribution in [0, 0.1) is 0 Å². The van der Waals surface area contributed by atoms with E-state index in [2.05, 4.69) is 15.3 Å². The Kier molecular flexibility index (Phi) is 4.94. The summed E-state index contributed by atoms with van der Waals surface area (Å²) in [6.07, 6.45) is 2.52. The van der Waals surface area contributed by atoms with Crippen LogP contribution in [0.15, 0.2) is 72.9 Å². The molecule has 2 heterocycles. The maximum Gasteiger partial charge on any atom is 0.231 e. The summed E-state index contributed by atoms with van der Waals surface area (Å²) in [6.45, 7) is 2.03. The zero-order valence-electron chi connectivity index (χ0n) is 14.9. The van der Waals surface area contributed by atoms with E-state index in [1.165, 1.54) is 0 Å². The molecular weight excluding hydrogens is 354 g/mol. The molecule has 0 spiro atoms. The lowest BCUT2D eigenvalue weighted by Gasteiger charge is -2.15. The summed E-state index contributed by atoms with van der Waals surface area (Å²) in [5.74, 6) is -0.159. The van der Waals surface area contributed by atoms with Crippen molar-refractivity contribution in [1.82, 2.24) is 9.97 Å². The third-order valence-corrected chi connectivity index (χ3v) is 5.50. The van der Waals surface area contributed by atoms with Gasteiger partial charge in [0.05, 0.1) is 5.92 Å². The molecule has 27 heavy (non-hydrogen) atoms. The number of nitrogens with zero attached hydrogens (tertiary/aromatic N) is 2. The number of amides is 1. The van der Waals surface area contributed by atoms with Crippen molar-refractivity contribution in [3.8, 4) is 10.6 Å². The third-order valence-electron chi connectivity index (χ3n) is 4.47. The van der Waals surface area contributed by atoms with Crippen molar-refractivity contribution in [2.24, 2.45) is 0 Å². The van der Waals surface area contributed by atoms with Gasteiger partial charge < -0.3 is 5.32 Å². The number of fused-ring (bicyclic) bond motifs is 1. The first-order chi connectivity index (χ1) is 13.2. The van der Waals surface area contributed by atoms with Gasteiger partial charge in [0.25, 0.3) is 0 Å². The first-order valence-corrected chi connectivity index (χ1v) is 9.74. The van der Waals surface area contributed by atoms with E-state index in [4.69, 9.17) is 0 Å². The van der Waals surface area contributed by atoms with Crippen LogP contribution in [-0.4, -0.2) is 15.9 Å². The fourth-order valence-corrected chi connectivity index (χ4v) is 4.01. The first-order valence-electron chi connectivity index (χ1n) is 8.92. The Labute approximate surface area is 161 Å². The van der Waals surface area contributed by atoms with Gasteiger partial charge in [-0.15, -0.1) is 0 Å². The van der Waals surface area contributed by atoms with Crippen molar-refractivity contribution < 1.29 is 4.79 Å². The molecule has 0 radical (unpaired) electrons. The molecule has 2 aromatic carbocycles. The number of hydrogen-bond donors (Lipinski definition) is 1. The van der Waals surface area contributed by atoms with Crippen molar-refractivity contribution in [1.29, 1.82) is 0 Å². The Balaban J connectivity index is 1.58. The number of anilines is 1. The summed E-state index contributed by atoms with van der Waals surface area (Å²) >= 11 is 1.55. The number of carbonyl (C=O) groups excluding carboxylic acids is 1. The highest BCUT2D eigenvalue weighted by Crippen LogP contribution is 2.30. The van der Waals surface area contributed by atoms with Gasteiger partial charge in [0.2, 0.25) is 5.91 Å². The summed E-state index contributed by atoms with van der Waals surface area (Å²) in [7, 11) is 0. The number of carbonyl (C=O) groups is 1. The van der Waals surface area contributed by atoms with Crippen LogP contribution in [0.5, 0.6) is 0 Å². The largest absolute Gasteiger partial charge is 0.326 e. The Morgan fingerprint density at radius 2 is 1.93 bits per heavy atom. The number of benzene rings is 2. The predicted molar refractivity (Wildman–Crippen MR) is 111 cm³/mol. The van der Waals surface area contributed by atoms with E-state index in [0.717, 1.165) is 38.6 Å². The van der Waals surface area contributed by atoms with Gasteiger partial charge in [-0.05, 0) is 36.2 Å². The molecule has 1 amide bonds. The van der Waals surface area contributed by atoms with Gasteiger partial charge in [-0.25, -0.2) is 9.97 Å². The zero-order chi connectivity index (χ0) is 18.6. The average Bonchev–Trinajstić information content (AvgIpc) is 3.14. The lowest BCUT2D eigenvalue weighted by Crippen LogP contribution is -2.20. The van der Waals surface area contributed by atoms with Crippen molar-refractivity contribution >= 4 is 33.3 Å². The molecule has 0 unspecified atom stereocenters. The molecular formula is C22H19N3OS. The molecule has 1 atom stereocenters. The monoisotopic (exact) mass is 373 g/mol. The van der Waals surface area contributed by atoms with Gasteiger partial charge in [0.15, 0.2) is 0 Å². The van der Waals surface area contributed by atoms with Crippen LogP contribution in [-0.2, 0) is 4.79 Å². The van der Waals surface area contributed by atoms with E-state index in [1.54, 1.807) is 17.5 Å². The second kappa shape index (κ2) is 7.68. The van der Waals surface area contributed by atoms with Crippen molar-refractivity contribution in [3.05, 3.63) is 78.5 Å². The maximum absolute atomic E-state index is 12.8. The molecule has 0 saturated heterocycles. The van der Waals surface area contributed by atoms with E-state index in [-0.39, 0.29) is 11.8 Å². The van der Waals surface area contributed by atoms with E-state index in [9.17, 15) is 4.79 Å². The number of rotatable bonds is 5. The molecule has 134 valence electrons. The number of thiazole rings is 1. The Morgan fingerprint density at radius 1 is 1.07 bits per heavy atom. The van der Waals surface area contributed by atoms with E-state index >= 15 is 0 Å². The quantitative estimate of drug-likeness (QED) is 0.503. The highest BCUT2D eigenvalue weighted by atomic mass is 32.1. The Morgan fingerprint density at radius 3 is 2.70 bits per heavy atom. The Bertz CT molecular complexity index is 1040. The molecule has 0 fully saturated rings. The van der Waals surface area contributed by atoms with Gasteiger partial charge in [0, 0.05) is 17.4 Å². The van der Waals surface area contributed by atoms with Crippen molar-refractivity contribution in [2.45, 2.75) is 19.3 Å². The molecule has 4 rings (SSSR count). The summed E-state index contributed by atoms with van der Waals surface area (Å²) in [5.41, 5.74) is 3.68. The normalized spacial score (nSPS) is 12.0.